The molecule has 8 nitrogen and oxygen atoms in total. The van der Waals surface area contributed by atoms with E-state index >= 15 is 0 Å². The Bertz CT molecular complexity index is 1220. The largest absolute Gasteiger partial charge is 0.478 e. The van der Waals surface area contributed by atoms with Gasteiger partial charge in [-0.25, -0.2) is 9.78 Å². The lowest BCUT2D eigenvalue weighted by Crippen LogP contribution is -2.12. The second-order valence-electron chi connectivity index (χ2n) is 6.48. The zero-order valence-corrected chi connectivity index (χ0v) is 15.9. The summed E-state index contributed by atoms with van der Waals surface area (Å²) in [4.78, 5) is 27.6. The number of carboxylic acids is 1. The lowest BCUT2D eigenvalue weighted by molar-refractivity contribution is 0.0696. The van der Waals surface area contributed by atoms with Gasteiger partial charge in [0.05, 0.1) is 11.8 Å². The van der Waals surface area contributed by atoms with Gasteiger partial charge in [-0.2, -0.15) is 0 Å². The standard InChI is InChI=1S/C22H17N3O5/c1-14-7-10-29-20(14)21(26)24-16-3-2-4-17(11-16)30-18-5-8-23-19(12-18)25-9-6-15(13-25)22(27)28/h2-13H,1H3,(H,24,26)(H,27,28). The van der Waals surface area contributed by atoms with Crippen molar-refractivity contribution in [3.05, 3.63) is 90.3 Å². The summed E-state index contributed by atoms with van der Waals surface area (Å²) in [5, 5.41) is 11.8. The fourth-order valence-electron chi connectivity index (χ4n) is 2.84. The van der Waals surface area contributed by atoms with Gasteiger partial charge in [0.15, 0.2) is 5.76 Å². The number of aromatic nitrogens is 2. The summed E-state index contributed by atoms with van der Waals surface area (Å²) >= 11 is 0. The van der Waals surface area contributed by atoms with E-state index < -0.39 is 5.97 Å². The molecule has 0 saturated heterocycles. The van der Waals surface area contributed by atoms with Gasteiger partial charge in [-0.1, -0.05) is 6.07 Å². The zero-order chi connectivity index (χ0) is 21.1. The first-order chi connectivity index (χ1) is 14.5. The summed E-state index contributed by atoms with van der Waals surface area (Å²) in [7, 11) is 0. The molecule has 4 rings (SSSR count). The molecule has 2 N–H and O–H groups in total. The third kappa shape index (κ3) is 4.07. The minimum absolute atomic E-state index is 0.165. The number of ether oxygens (including phenoxy) is 1. The molecular formula is C22H17N3O5. The van der Waals surface area contributed by atoms with Crippen LogP contribution in [0.3, 0.4) is 0 Å². The fourth-order valence-corrected chi connectivity index (χ4v) is 2.84. The van der Waals surface area contributed by atoms with Gasteiger partial charge in [0.2, 0.25) is 0 Å². The molecule has 1 aromatic carbocycles. The smallest absolute Gasteiger partial charge is 0.337 e. The first-order valence-corrected chi connectivity index (χ1v) is 9.01. The number of hydrogen-bond donors (Lipinski definition) is 2. The Balaban J connectivity index is 1.51. The lowest BCUT2D eigenvalue weighted by Gasteiger charge is -2.10. The van der Waals surface area contributed by atoms with Gasteiger partial charge < -0.3 is 24.1 Å². The number of amides is 1. The summed E-state index contributed by atoms with van der Waals surface area (Å²) in [6.07, 6.45) is 6.12. The van der Waals surface area contributed by atoms with Gasteiger partial charge in [0.25, 0.3) is 5.91 Å². The maximum Gasteiger partial charge on any atom is 0.337 e. The third-order valence-electron chi connectivity index (χ3n) is 4.32. The number of pyridine rings is 1. The summed E-state index contributed by atoms with van der Waals surface area (Å²) in [6.45, 7) is 1.79. The van der Waals surface area contributed by atoms with Crippen molar-refractivity contribution in [2.24, 2.45) is 0 Å². The van der Waals surface area contributed by atoms with Crippen molar-refractivity contribution in [1.82, 2.24) is 9.55 Å². The quantitative estimate of drug-likeness (QED) is 0.490. The molecule has 8 heteroatoms. The van der Waals surface area contributed by atoms with Crippen LogP contribution in [0.4, 0.5) is 5.69 Å². The summed E-state index contributed by atoms with van der Waals surface area (Å²) in [5.41, 5.74) is 1.47. The van der Waals surface area contributed by atoms with Gasteiger partial charge in [-0.05, 0) is 37.3 Å². The SMILES string of the molecule is Cc1ccoc1C(=O)Nc1cccc(Oc2ccnc(-n3ccc(C(=O)O)c3)c2)c1. The van der Waals surface area contributed by atoms with E-state index in [0.717, 1.165) is 5.56 Å². The molecule has 0 saturated carbocycles. The van der Waals surface area contributed by atoms with E-state index in [1.165, 1.54) is 18.5 Å². The predicted molar refractivity (Wildman–Crippen MR) is 108 cm³/mol. The Kier molecular flexibility index (Phi) is 5.04. The van der Waals surface area contributed by atoms with Crippen LogP contribution in [-0.2, 0) is 0 Å². The van der Waals surface area contributed by atoms with Crippen molar-refractivity contribution in [3.8, 4) is 17.3 Å². The molecule has 0 aliphatic rings. The molecule has 0 spiro atoms. The Morgan fingerprint density at radius 1 is 1.13 bits per heavy atom. The molecule has 0 fully saturated rings. The van der Waals surface area contributed by atoms with Crippen molar-refractivity contribution < 1.29 is 23.8 Å². The molecule has 3 heterocycles. The van der Waals surface area contributed by atoms with Crippen LogP contribution < -0.4 is 10.1 Å². The van der Waals surface area contributed by atoms with Crippen molar-refractivity contribution in [2.45, 2.75) is 6.92 Å². The van der Waals surface area contributed by atoms with E-state index in [0.29, 0.717) is 23.0 Å². The van der Waals surface area contributed by atoms with Crippen LogP contribution in [-0.4, -0.2) is 26.5 Å². The maximum absolute atomic E-state index is 12.3. The number of aromatic carboxylic acids is 1. The average molecular weight is 403 g/mol. The highest BCUT2D eigenvalue weighted by atomic mass is 16.5. The average Bonchev–Trinajstić information content (AvgIpc) is 3.38. The van der Waals surface area contributed by atoms with E-state index in [4.69, 9.17) is 14.3 Å². The number of nitrogens with one attached hydrogen (secondary N) is 1. The molecule has 3 aromatic heterocycles. The molecule has 150 valence electrons. The van der Waals surface area contributed by atoms with Crippen molar-refractivity contribution in [2.75, 3.05) is 5.32 Å². The van der Waals surface area contributed by atoms with Crippen LogP contribution >= 0.6 is 0 Å². The monoisotopic (exact) mass is 403 g/mol. The van der Waals surface area contributed by atoms with Crippen LogP contribution in [0, 0.1) is 6.92 Å². The molecule has 0 aliphatic heterocycles. The van der Waals surface area contributed by atoms with Crippen LogP contribution in [0.2, 0.25) is 0 Å². The molecule has 4 aromatic rings. The van der Waals surface area contributed by atoms with E-state index in [1.54, 1.807) is 66.3 Å². The molecule has 0 atom stereocenters. The molecule has 0 bridgehead atoms. The Hall–Kier alpha value is -4.33. The van der Waals surface area contributed by atoms with Crippen molar-refractivity contribution in [3.63, 3.8) is 0 Å². The fraction of sp³-hybridized carbons (Fsp3) is 0.0455. The summed E-state index contributed by atoms with van der Waals surface area (Å²) in [5.74, 6) is 0.438. The third-order valence-corrected chi connectivity index (χ3v) is 4.32. The highest BCUT2D eigenvalue weighted by Crippen LogP contribution is 2.26. The van der Waals surface area contributed by atoms with E-state index in [1.807, 2.05) is 0 Å². The topological polar surface area (TPSA) is 107 Å². The van der Waals surface area contributed by atoms with Gasteiger partial charge in [0.1, 0.15) is 17.3 Å². The molecule has 0 radical (unpaired) electrons. The normalized spacial score (nSPS) is 10.6. The van der Waals surface area contributed by atoms with Crippen LogP contribution in [0.15, 0.2) is 77.8 Å². The number of carboxylic acid groups (broad SMARTS) is 1. The minimum atomic E-state index is -1.01. The highest BCUT2D eigenvalue weighted by Gasteiger charge is 2.13. The Morgan fingerprint density at radius 3 is 2.70 bits per heavy atom. The second-order valence-corrected chi connectivity index (χ2v) is 6.48. The van der Waals surface area contributed by atoms with Crippen molar-refractivity contribution in [1.29, 1.82) is 0 Å². The first-order valence-electron chi connectivity index (χ1n) is 9.01. The number of rotatable bonds is 6. The van der Waals surface area contributed by atoms with E-state index in [-0.39, 0.29) is 17.2 Å². The molecule has 0 aliphatic carbocycles. The number of carbonyl (C=O) groups is 2. The van der Waals surface area contributed by atoms with E-state index in [2.05, 4.69) is 10.3 Å². The van der Waals surface area contributed by atoms with Crippen LogP contribution in [0.25, 0.3) is 5.82 Å². The number of nitrogens with zero attached hydrogens (tertiary/aromatic N) is 2. The van der Waals surface area contributed by atoms with Gasteiger partial charge in [-0.15, -0.1) is 0 Å². The van der Waals surface area contributed by atoms with E-state index in [9.17, 15) is 9.59 Å². The maximum atomic E-state index is 12.3. The first kappa shape index (κ1) is 19.0. The summed E-state index contributed by atoms with van der Waals surface area (Å²) in [6, 6.07) is 13.5. The highest BCUT2D eigenvalue weighted by molar-refractivity contribution is 6.03. The second kappa shape index (κ2) is 7.96. The minimum Gasteiger partial charge on any atom is -0.478 e. The van der Waals surface area contributed by atoms with Crippen LogP contribution in [0.1, 0.15) is 26.5 Å². The van der Waals surface area contributed by atoms with Gasteiger partial charge in [-0.3, -0.25) is 4.79 Å². The number of benzene rings is 1. The Labute approximate surface area is 171 Å². The van der Waals surface area contributed by atoms with Gasteiger partial charge >= 0.3 is 5.97 Å². The van der Waals surface area contributed by atoms with Crippen LogP contribution in [0.5, 0.6) is 11.5 Å². The lowest BCUT2D eigenvalue weighted by atomic mass is 10.2. The Morgan fingerprint density at radius 2 is 1.97 bits per heavy atom. The molecular weight excluding hydrogens is 386 g/mol. The number of furan rings is 1. The van der Waals surface area contributed by atoms with Gasteiger partial charge in [0, 0.05) is 42.0 Å². The number of aryl methyl sites for hydroxylation is 1. The molecule has 1 amide bonds. The number of carbonyl (C=O) groups excluding carboxylic acids is 1. The predicted octanol–water partition coefficient (Wildman–Crippen LogP) is 4.52. The summed E-state index contributed by atoms with van der Waals surface area (Å²) < 4.78 is 12.7. The van der Waals surface area contributed by atoms with Crippen molar-refractivity contribution >= 4 is 17.6 Å². The molecule has 0 unspecified atom stereocenters. The molecule has 30 heavy (non-hydrogen) atoms. The number of anilines is 1. The number of hydrogen-bond acceptors (Lipinski definition) is 5. The zero-order valence-electron chi connectivity index (χ0n) is 15.9.